The Balaban J connectivity index is 1.70. The molecule has 0 unspecified atom stereocenters. The number of carbonyl (C=O) groups excluding carboxylic acids is 2. The summed E-state index contributed by atoms with van der Waals surface area (Å²) in [6, 6.07) is 7.68. The van der Waals surface area contributed by atoms with Crippen molar-refractivity contribution in [3.8, 4) is 5.75 Å². The van der Waals surface area contributed by atoms with Crippen molar-refractivity contribution in [2.45, 2.75) is 25.0 Å². The van der Waals surface area contributed by atoms with E-state index < -0.39 is 11.6 Å². The van der Waals surface area contributed by atoms with Crippen LogP contribution in [0.4, 0.5) is 0 Å². The van der Waals surface area contributed by atoms with Crippen molar-refractivity contribution in [1.82, 2.24) is 10.2 Å². The smallest absolute Gasteiger partial charge is 0.236 e. The third kappa shape index (κ3) is 2.37. The number of piperidine rings is 1. The molecule has 2 bridgehead atoms. The van der Waals surface area contributed by atoms with Gasteiger partial charge in [0.05, 0.1) is 13.2 Å². The summed E-state index contributed by atoms with van der Waals surface area (Å²) in [5.74, 6) is -0.421. The van der Waals surface area contributed by atoms with E-state index in [0.717, 1.165) is 11.3 Å². The van der Waals surface area contributed by atoms with Gasteiger partial charge in [0, 0.05) is 25.4 Å². The van der Waals surface area contributed by atoms with Crippen LogP contribution in [-0.2, 0) is 14.3 Å². The first-order chi connectivity index (χ1) is 11.1. The fraction of sp³-hybridized carbons (Fsp3) is 0.529. The number of ether oxygens (including phenoxy) is 2. The first-order valence-electron chi connectivity index (χ1n) is 8.04. The molecule has 4 rings (SSSR count). The van der Waals surface area contributed by atoms with Crippen LogP contribution in [0, 0.1) is 5.92 Å². The topological polar surface area (TPSA) is 67.9 Å². The Bertz CT molecular complexity index is 656. The van der Waals surface area contributed by atoms with Gasteiger partial charge in [0.15, 0.2) is 5.72 Å². The number of morpholine rings is 1. The number of nitrogens with zero attached hydrogens (tertiary/aromatic N) is 1. The van der Waals surface area contributed by atoms with Crippen LogP contribution in [0.2, 0.25) is 0 Å². The van der Waals surface area contributed by atoms with Crippen LogP contribution in [-0.4, -0.2) is 48.7 Å². The number of benzene rings is 1. The molecular weight excluding hydrogens is 296 g/mol. The highest BCUT2D eigenvalue weighted by Crippen LogP contribution is 2.46. The molecule has 23 heavy (non-hydrogen) atoms. The molecule has 3 aliphatic heterocycles. The van der Waals surface area contributed by atoms with E-state index in [1.807, 2.05) is 31.2 Å². The summed E-state index contributed by atoms with van der Waals surface area (Å²) in [6.45, 7) is 4.02. The second-order valence-corrected chi connectivity index (χ2v) is 6.59. The molecule has 3 atom stereocenters. The van der Waals surface area contributed by atoms with Crippen LogP contribution < -0.4 is 10.1 Å². The van der Waals surface area contributed by atoms with E-state index in [1.165, 1.54) is 0 Å². The zero-order valence-electron chi connectivity index (χ0n) is 13.1. The van der Waals surface area contributed by atoms with Crippen LogP contribution in [0.5, 0.6) is 5.75 Å². The van der Waals surface area contributed by atoms with Crippen LogP contribution in [0.15, 0.2) is 24.3 Å². The maximum absolute atomic E-state index is 12.9. The molecule has 0 aliphatic carbocycles. The molecule has 2 amide bonds. The average Bonchev–Trinajstić information content (AvgIpc) is 2.54. The lowest BCUT2D eigenvalue weighted by Crippen LogP contribution is -2.63. The third-order valence-corrected chi connectivity index (χ3v) is 4.92. The molecule has 0 saturated carbocycles. The van der Waals surface area contributed by atoms with Gasteiger partial charge >= 0.3 is 0 Å². The maximum Gasteiger partial charge on any atom is 0.236 e. The van der Waals surface area contributed by atoms with E-state index in [2.05, 4.69) is 5.32 Å². The molecule has 1 aromatic carbocycles. The van der Waals surface area contributed by atoms with Gasteiger partial charge in [-0.3, -0.25) is 9.59 Å². The molecule has 0 radical (unpaired) electrons. The van der Waals surface area contributed by atoms with Crippen LogP contribution in [0.3, 0.4) is 0 Å². The summed E-state index contributed by atoms with van der Waals surface area (Å²) in [6.07, 6.45) is 0.608. The van der Waals surface area contributed by atoms with Crippen LogP contribution in [0.25, 0.3) is 0 Å². The Morgan fingerprint density at radius 3 is 2.83 bits per heavy atom. The number of fused-ring (bicyclic) bond motifs is 4. The molecule has 122 valence electrons. The summed E-state index contributed by atoms with van der Waals surface area (Å²) in [4.78, 5) is 27.3. The van der Waals surface area contributed by atoms with Gasteiger partial charge in [-0.15, -0.1) is 0 Å². The molecule has 2 saturated heterocycles. The minimum Gasteiger partial charge on any atom is -0.468 e. The van der Waals surface area contributed by atoms with Crippen molar-refractivity contribution in [3.05, 3.63) is 29.8 Å². The largest absolute Gasteiger partial charge is 0.468 e. The predicted octanol–water partition coefficient (Wildman–Crippen LogP) is 0.874. The molecule has 6 heteroatoms. The molecule has 1 aromatic rings. The van der Waals surface area contributed by atoms with E-state index in [9.17, 15) is 9.59 Å². The summed E-state index contributed by atoms with van der Waals surface area (Å²) in [5, 5.41) is 2.90. The molecule has 0 spiro atoms. The highest BCUT2D eigenvalue weighted by Gasteiger charge is 2.52. The van der Waals surface area contributed by atoms with Crippen LogP contribution in [0.1, 0.15) is 24.8 Å². The Morgan fingerprint density at radius 2 is 2.04 bits per heavy atom. The van der Waals surface area contributed by atoms with Gasteiger partial charge in [0.25, 0.3) is 0 Å². The molecule has 6 nitrogen and oxygen atoms in total. The summed E-state index contributed by atoms with van der Waals surface area (Å²) < 4.78 is 11.3. The second-order valence-electron chi connectivity index (χ2n) is 6.59. The normalized spacial score (nSPS) is 32.6. The van der Waals surface area contributed by atoms with Gasteiger partial charge in [-0.25, -0.2) is 0 Å². The highest BCUT2D eigenvalue weighted by molar-refractivity contribution is 6.02. The van der Waals surface area contributed by atoms with Crippen molar-refractivity contribution < 1.29 is 19.1 Å². The Kier molecular flexibility index (Phi) is 3.30. The molecule has 0 aromatic heterocycles. The van der Waals surface area contributed by atoms with E-state index >= 15 is 0 Å². The van der Waals surface area contributed by atoms with E-state index in [-0.39, 0.29) is 17.7 Å². The molecule has 3 heterocycles. The van der Waals surface area contributed by atoms with Crippen molar-refractivity contribution in [2.24, 2.45) is 5.92 Å². The van der Waals surface area contributed by atoms with E-state index in [0.29, 0.717) is 32.7 Å². The van der Waals surface area contributed by atoms with Crippen molar-refractivity contribution in [1.29, 1.82) is 0 Å². The number of para-hydroxylation sites is 1. The second kappa shape index (κ2) is 5.23. The summed E-state index contributed by atoms with van der Waals surface area (Å²) in [5.41, 5.74) is 0.212. The van der Waals surface area contributed by atoms with Gasteiger partial charge in [-0.2, -0.15) is 0 Å². The standard InChI is InChI=1S/C17H20N2O4/c1-17-10-12(11-4-2-3-5-13(11)23-17)14(15(20)18-17)16(21)19-6-8-22-9-7-19/h2-5,12,14H,6-10H2,1H3,(H,18,20)/t12-,14+,17+/m1/s1. The monoisotopic (exact) mass is 316 g/mol. The first-order valence-corrected chi connectivity index (χ1v) is 8.04. The number of hydrogen-bond donors (Lipinski definition) is 1. The summed E-state index contributed by atoms with van der Waals surface area (Å²) in [7, 11) is 0. The number of hydrogen-bond acceptors (Lipinski definition) is 4. The zero-order valence-corrected chi connectivity index (χ0v) is 13.1. The maximum atomic E-state index is 12.9. The number of nitrogens with one attached hydrogen (secondary N) is 1. The first kappa shape index (κ1) is 14.5. The third-order valence-electron chi connectivity index (χ3n) is 4.92. The Hall–Kier alpha value is -2.08. The van der Waals surface area contributed by atoms with Gasteiger partial charge < -0.3 is 19.7 Å². The zero-order chi connectivity index (χ0) is 16.0. The lowest BCUT2D eigenvalue weighted by atomic mass is 9.74. The number of carbonyl (C=O) groups is 2. The molecular formula is C17H20N2O4. The Labute approximate surface area is 134 Å². The van der Waals surface area contributed by atoms with Gasteiger partial charge in [-0.1, -0.05) is 18.2 Å². The molecule has 3 aliphatic rings. The highest BCUT2D eigenvalue weighted by atomic mass is 16.5. The SMILES string of the molecule is C[C@@]12C[C@H](c3ccccc3O1)[C@H](C(=O)N1CCOCC1)C(=O)N2. The lowest BCUT2D eigenvalue weighted by Gasteiger charge is -2.47. The number of amides is 2. The fourth-order valence-electron chi connectivity index (χ4n) is 3.85. The predicted molar refractivity (Wildman–Crippen MR) is 81.9 cm³/mol. The van der Waals surface area contributed by atoms with Crippen LogP contribution >= 0.6 is 0 Å². The molecule has 2 fully saturated rings. The quantitative estimate of drug-likeness (QED) is 0.781. The lowest BCUT2D eigenvalue weighted by molar-refractivity contribution is -0.154. The van der Waals surface area contributed by atoms with Gasteiger partial charge in [0.2, 0.25) is 11.8 Å². The minimum absolute atomic E-state index is 0.102. The fourth-order valence-corrected chi connectivity index (χ4v) is 3.85. The molecule has 1 N–H and O–H groups in total. The Morgan fingerprint density at radius 1 is 1.30 bits per heavy atom. The minimum atomic E-state index is -0.738. The number of rotatable bonds is 1. The van der Waals surface area contributed by atoms with Crippen molar-refractivity contribution in [2.75, 3.05) is 26.3 Å². The van der Waals surface area contributed by atoms with Gasteiger partial charge in [0.1, 0.15) is 11.7 Å². The van der Waals surface area contributed by atoms with E-state index in [4.69, 9.17) is 9.47 Å². The van der Waals surface area contributed by atoms with Crippen molar-refractivity contribution in [3.63, 3.8) is 0 Å². The average molecular weight is 316 g/mol. The van der Waals surface area contributed by atoms with Crippen molar-refractivity contribution >= 4 is 11.8 Å². The van der Waals surface area contributed by atoms with E-state index in [1.54, 1.807) is 4.90 Å². The summed E-state index contributed by atoms with van der Waals surface area (Å²) >= 11 is 0. The van der Waals surface area contributed by atoms with Gasteiger partial charge in [-0.05, 0) is 18.6 Å².